The van der Waals surface area contributed by atoms with Crippen LogP contribution in [0.3, 0.4) is 0 Å². The number of anilines is 2. The highest BCUT2D eigenvalue weighted by Crippen LogP contribution is 2.22. The summed E-state index contributed by atoms with van der Waals surface area (Å²) in [5.74, 6) is -0.487. The van der Waals surface area contributed by atoms with Crippen LogP contribution in [0.15, 0.2) is 65.3 Å². The first kappa shape index (κ1) is 17.1. The molecule has 0 aliphatic heterocycles. The molecule has 0 saturated heterocycles. The van der Waals surface area contributed by atoms with E-state index in [0.29, 0.717) is 22.0 Å². The Balaban J connectivity index is 1.66. The van der Waals surface area contributed by atoms with Crippen LogP contribution in [0, 0.1) is 0 Å². The van der Waals surface area contributed by atoms with Crippen molar-refractivity contribution in [3.8, 4) is 0 Å². The van der Waals surface area contributed by atoms with E-state index in [-0.39, 0.29) is 22.6 Å². The van der Waals surface area contributed by atoms with Gasteiger partial charge in [0.1, 0.15) is 0 Å². The first-order valence-corrected chi connectivity index (χ1v) is 8.00. The molecule has 5 nitrogen and oxygen atoms in total. The van der Waals surface area contributed by atoms with Crippen molar-refractivity contribution < 1.29 is 14.0 Å². The number of benzene rings is 2. The number of amides is 2. The van der Waals surface area contributed by atoms with Gasteiger partial charge in [-0.2, -0.15) is 0 Å². The summed E-state index contributed by atoms with van der Waals surface area (Å²) in [6.45, 7) is 0. The highest BCUT2D eigenvalue weighted by Gasteiger charge is 2.12. The van der Waals surface area contributed by atoms with Crippen LogP contribution in [0.25, 0.3) is 0 Å². The van der Waals surface area contributed by atoms with Crippen LogP contribution >= 0.6 is 23.2 Å². The van der Waals surface area contributed by atoms with E-state index in [1.54, 1.807) is 48.5 Å². The molecule has 1 aromatic heterocycles. The predicted octanol–water partition coefficient (Wildman–Crippen LogP) is 5.09. The van der Waals surface area contributed by atoms with Crippen molar-refractivity contribution in [1.29, 1.82) is 0 Å². The molecule has 7 heteroatoms. The summed E-state index contributed by atoms with van der Waals surface area (Å²) >= 11 is 11.8. The lowest BCUT2D eigenvalue weighted by Crippen LogP contribution is -2.13. The zero-order valence-electron chi connectivity index (χ0n) is 12.8. The van der Waals surface area contributed by atoms with E-state index >= 15 is 0 Å². The number of hydrogen-bond donors (Lipinski definition) is 2. The fraction of sp³-hybridized carbons (Fsp3) is 0. The zero-order chi connectivity index (χ0) is 17.8. The van der Waals surface area contributed by atoms with Crippen LogP contribution < -0.4 is 10.6 Å². The van der Waals surface area contributed by atoms with Gasteiger partial charge in [-0.15, -0.1) is 0 Å². The average molecular weight is 375 g/mol. The van der Waals surface area contributed by atoms with Crippen molar-refractivity contribution >= 4 is 46.4 Å². The van der Waals surface area contributed by atoms with E-state index in [4.69, 9.17) is 27.6 Å². The largest absolute Gasteiger partial charge is 0.459 e. The third kappa shape index (κ3) is 4.21. The molecule has 0 fully saturated rings. The molecule has 0 atom stereocenters. The molecule has 0 unspecified atom stereocenters. The van der Waals surface area contributed by atoms with Gasteiger partial charge in [-0.05, 0) is 54.6 Å². The fourth-order valence-corrected chi connectivity index (χ4v) is 2.60. The van der Waals surface area contributed by atoms with Crippen molar-refractivity contribution in [2.45, 2.75) is 0 Å². The number of carbonyl (C=O) groups excluding carboxylic acids is 2. The van der Waals surface area contributed by atoms with Crippen molar-refractivity contribution in [2.24, 2.45) is 0 Å². The maximum atomic E-state index is 12.2. The molecule has 0 spiro atoms. The van der Waals surface area contributed by atoms with Crippen molar-refractivity contribution in [3.63, 3.8) is 0 Å². The van der Waals surface area contributed by atoms with Crippen molar-refractivity contribution in [2.75, 3.05) is 10.6 Å². The van der Waals surface area contributed by atoms with Gasteiger partial charge in [0.2, 0.25) is 0 Å². The number of rotatable bonds is 4. The minimum absolute atomic E-state index is 0.217. The Morgan fingerprint density at radius 1 is 0.840 bits per heavy atom. The van der Waals surface area contributed by atoms with Crippen LogP contribution in [-0.4, -0.2) is 11.8 Å². The van der Waals surface area contributed by atoms with Gasteiger partial charge in [0, 0.05) is 16.4 Å². The van der Waals surface area contributed by atoms with Gasteiger partial charge < -0.3 is 15.1 Å². The molecule has 25 heavy (non-hydrogen) atoms. The molecule has 2 aromatic carbocycles. The summed E-state index contributed by atoms with van der Waals surface area (Å²) in [7, 11) is 0. The van der Waals surface area contributed by atoms with Gasteiger partial charge >= 0.3 is 0 Å². The van der Waals surface area contributed by atoms with Crippen molar-refractivity contribution in [1.82, 2.24) is 0 Å². The molecule has 0 aliphatic rings. The van der Waals surface area contributed by atoms with Crippen LogP contribution in [0.4, 0.5) is 11.4 Å². The maximum Gasteiger partial charge on any atom is 0.291 e. The highest BCUT2D eigenvalue weighted by atomic mass is 35.5. The topological polar surface area (TPSA) is 71.3 Å². The van der Waals surface area contributed by atoms with Gasteiger partial charge in [0.15, 0.2) is 5.76 Å². The van der Waals surface area contributed by atoms with E-state index < -0.39 is 0 Å². The molecule has 0 saturated carbocycles. The molecule has 3 aromatic rings. The Kier molecular flexibility index (Phi) is 5.07. The second-order valence-corrected chi connectivity index (χ2v) is 5.93. The summed E-state index contributed by atoms with van der Waals surface area (Å²) in [5, 5.41) is 6.15. The Morgan fingerprint density at radius 2 is 1.48 bits per heavy atom. The fourth-order valence-electron chi connectivity index (χ4n) is 2.11. The van der Waals surface area contributed by atoms with Gasteiger partial charge in [-0.3, -0.25) is 9.59 Å². The second-order valence-electron chi connectivity index (χ2n) is 5.09. The minimum Gasteiger partial charge on any atom is -0.459 e. The smallest absolute Gasteiger partial charge is 0.291 e. The molecule has 0 aliphatic carbocycles. The predicted molar refractivity (Wildman–Crippen MR) is 97.5 cm³/mol. The number of nitrogens with one attached hydrogen (secondary N) is 2. The summed E-state index contributed by atoms with van der Waals surface area (Å²) in [5.41, 5.74) is 1.46. The van der Waals surface area contributed by atoms with Crippen LogP contribution in [0.1, 0.15) is 20.9 Å². The summed E-state index contributed by atoms with van der Waals surface area (Å²) in [6, 6.07) is 14.5. The Bertz CT molecular complexity index is 907. The van der Waals surface area contributed by atoms with E-state index in [1.807, 2.05) is 0 Å². The first-order chi connectivity index (χ1) is 12.0. The average Bonchev–Trinajstić information content (AvgIpc) is 3.11. The Labute approximate surface area is 153 Å². The van der Waals surface area contributed by atoms with Crippen LogP contribution in [0.2, 0.25) is 10.0 Å². The van der Waals surface area contributed by atoms with E-state index in [1.165, 1.54) is 12.3 Å². The third-order valence-electron chi connectivity index (χ3n) is 3.32. The second kappa shape index (κ2) is 7.42. The molecular formula is C18H12Cl2N2O3. The van der Waals surface area contributed by atoms with Gasteiger partial charge in [-0.1, -0.05) is 23.2 Å². The van der Waals surface area contributed by atoms with E-state index in [0.717, 1.165) is 0 Å². The molecular weight excluding hydrogens is 363 g/mol. The van der Waals surface area contributed by atoms with Gasteiger partial charge in [0.25, 0.3) is 11.8 Å². The highest BCUT2D eigenvalue weighted by molar-refractivity contribution is 6.37. The quantitative estimate of drug-likeness (QED) is 0.667. The summed E-state index contributed by atoms with van der Waals surface area (Å²) in [4.78, 5) is 24.1. The molecule has 2 N–H and O–H groups in total. The number of furan rings is 1. The summed E-state index contributed by atoms with van der Waals surface area (Å²) in [6.07, 6.45) is 1.43. The van der Waals surface area contributed by atoms with Crippen LogP contribution in [0.5, 0.6) is 0 Å². The zero-order valence-corrected chi connectivity index (χ0v) is 14.3. The van der Waals surface area contributed by atoms with E-state index in [2.05, 4.69) is 10.6 Å². The number of halogens is 2. The van der Waals surface area contributed by atoms with E-state index in [9.17, 15) is 9.59 Å². The van der Waals surface area contributed by atoms with Crippen molar-refractivity contribution in [3.05, 3.63) is 82.2 Å². The Morgan fingerprint density at radius 3 is 2.04 bits per heavy atom. The lowest BCUT2D eigenvalue weighted by atomic mass is 10.2. The van der Waals surface area contributed by atoms with Gasteiger partial charge in [0.05, 0.1) is 16.8 Å². The molecule has 0 radical (unpaired) electrons. The monoisotopic (exact) mass is 374 g/mol. The number of carbonyl (C=O) groups is 2. The molecule has 126 valence electrons. The molecule has 2 amide bonds. The van der Waals surface area contributed by atoms with Crippen LogP contribution in [-0.2, 0) is 0 Å². The standard InChI is InChI=1S/C18H12Cl2N2O3/c19-11-3-8-14(15(20)10-11)17(23)21-12-4-6-13(7-5-12)22-18(24)16-2-1-9-25-16/h1-10H,(H,21,23)(H,22,24). The third-order valence-corrected chi connectivity index (χ3v) is 3.87. The lowest BCUT2D eigenvalue weighted by molar-refractivity contribution is 0.0994. The number of hydrogen-bond acceptors (Lipinski definition) is 3. The first-order valence-electron chi connectivity index (χ1n) is 7.24. The maximum absolute atomic E-state index is 12.2. The van der Waals surface area contributed by atoms with Gasteiger partial charge in [-0.25, -0.2) is 0 Å². The SMILES string of the molecule is O=C(Nc1ccc(NC(=O)c2ccc(Cl)cc2Cl)cc1)c1ccco1. The molecule has 1 heterocycles. The lowest BCUT2D eigenvalue weighted by Gasteiger charge is -2.08. The Hall–Kier alpha value is -2.76. The molecule has 3 rings (SSSR count). The minimum atomic E-state index is -0.353. The normalized spacial score (nSPS) is 10.3. The molecule has 0 bridgehead atoms. The summed E-state index contributed by atoms with van der Waals surface area (Å²) < 4.78 is 5.02.